The maximum Gasteiger partial charge on any atom is 0.0553 e. The van der Waals surface area contributed by atoms with Gasteiger partial charge in [0.25, 0.3) is 0 Å². The van der Waals surface area contributed by atoms with Crippen molar-refractivity contribution >= 4 is 43.4 Å². The van der Waals surface area contributed by atoms with Crippen LogP contribution in [0, 0.1) is 0 Å². The molecule has 8 aromatic rings. The number of nitrogens with zero attached hydrogens (tertiary/aromatic N) is 1. The molecule has 1 heteroatoms. The van der Waals surface area contributed by atoms with Gasteiger partial charge in [0.1, 0.15) is 0 Å². The highest BCUT2D eigenvalue weighted by Crippen LogP contribution is 2.51. The zero-order valence-corrected chi connectivity index (χ0v) is 21.2. The van der Waals surface area contributed by atoms with Gasteiger partial charge in [0.15, 0.2) is 0 Å². The largest absolute Gasteiger partial charge is 0.309 e. The molecule has 0 spiro atoms. The van der Waals surface area contributed by atoms with Gasteiger partial charge in [0.05, 0.1) is 11.0 Å². The normalized spacial score (nSPS) is 12.1. The average Bonchev–Trinajstić information content (AvgIpc) is 3.50. The molecule has 0 radical (unpaired) electrons. The Kier molecular flexibility index (Phi) is 4.11. The van der Waals surface area contributed by atoms with Gasteiger partial charge >= 0.3 is 0 Å². The molecule has 1 aliphatic rings. The van der Waals surface area contributed by atoms with E-state index in [-0.39, 0.29) is 0 Å². The second kappa shape index (κ2) is 7.69. The van der Waals surface area contributed by atoms with E-state index in [9.17, 15) is 0 Å². The summed E-state index contributed by atoms with van der Waals surface area (Å²) >= 11 is 0. The second-order valence-electron chi connectivity index (χ2n) is 10.6. The summed E-state index contributed by atoms with van der Waals surface area (Å²) < 4.78 is 2.47. The number of rotatable bonds is 2. The van der Waals surface area contributed by atoms with Gasteiger partial charge in [-0.15, -0.1) is 0 Å². The highest BCUT2D eigenvalue weighted by Gasteiger charge is 2.25. The minimum Gasteiger partial charge on any atom is -0.309 e. The first-order valence-electron chi connectivity index (χ1n) is 13.5. The highest BCUT2D eigenvalue weighted by atomic mass is 15.0. The molecule has 1 aromatic heterocycles. The Labute approximate surface area is 226 Å². The van der Waals surface area contributed by atoms with Crippen molar-refractivity contribution in [3.63, 3.8) is 0 Å². The quantitative estimate of drug-likeness (QED) is 0.226. The van der Waals surface area contributed by atoms with Crippen molar-refractivity contribution in [1.29, 1.82) is 0 Å². The average molecular weight is 494 g/mol. The van der Waals surface area contributed by atoms with Crippen LogP contribution in [0.5, 0.6) is 0 Å². The summed E-state index contributed by atoms with van der Waals surface area (Å²) in [6, 6.07) is 51.2. The number of benzene rings is 7. The maximum absolute atomic E-state index is 2.47. The molecule has 0 saturated carbocycles. The molecule has 1 aliphatic carbocycles. The van der Waals surface area contributed by atoms with Crippen molar-refractivity contribution in [2.75, 3.05) is 0 Å². The number of fused-ring (bicyclic) bond motifs is 8. The van der Waals surface area contributed by atoms with E-state index in [1.807, 2.05) is 0 Å². The third-order valence-corrected chi connectivity index (χ3v) is 8.50. The Morgan fingerprint density at radius 3 is 1.79 bits per heavy atom. The van der Waals surface area contributed by atoms with Gasteiger partial charge in [0, 0.05) is 16.5 Å². The summed E-state index contributed by atoms with van der Waals surface area (Å²) in [7, 11) is 0. The number of hydrogen-bond donors (Lipinski definition) is 0. The van der Waals surface area contributed by atoms with Crippen LogP contribution in [0.2, 0.25) is 0 Å². The molecule has 0 amide bonds. The summed E-state index contributed by atoms with van der Waals surface area (Å²) in [5.74, 6) is 0. The predicted octanol–water partition coefficient (Wildman–Crippen LogP) is 10.4. The summed E-state index contributed by atoms with van der Waals surface area (Å²) in [5.41, 5.74) is 11.5. The zero-order chi connectivity index (χ0) is 25.5. The van der Waals surface area contributed by atoms with Gasteiger partial charge in [-0.2, -0.15) is 0 Å². The first kappa shape index (κ1) is 20.9. The van der Waals surface area contributed by atoms with Crippen LogP contribution in [0.25, 0.3) is 82.4 Å². The van der Waals surface area contributed by atoms with Crippen molar-refractivity contribution in [3.8, 4) is 39.1 Å². The van der Waals surface area contributed by atoms with Crippen LogP contribution in [0.3, 0.4) is 0 Å². The van der Waals surface area contributed by atoms with Crippen LogP contribution in [0.15, 0.2) is 140 Å². The molecule has 180 valence electrons. The predicted molar refractivity (Wildman–Crippen MR) is 166 cm³/mol. The molecule has 0 fully saturated rings. The van der Waals surface area contributed by atoms with Gasteiger partial charge in [-0.1, -0.05) is 109 Å². The molecule has 7 aromatic carbocycles. The fourth-order valence-electron chi connectivity index (χ4n) is 6.77. The van der Waals surface area contributed by atoms with Gasteiger partial charge in [-0.05, 0) is 85.3 Å². The Morgan fingerprint density at radius 2 is 1.00 bits per heavy atom. The van der Waals surface area contributed by atoms with Crippen molar-refractivity contribution in [2.45, 2.75) is 0 Å². The van der Waals surface area contributed by atoms with Gasteiger partial charge in [0.2, 0.25) is 0 Å². The topological polar surface area (TPSA) is 4.93 Å². The smallest absolute Gasteiger partial charge is 0.0553 e. The molecule has 0 unspecified atom stereocenters. The van der Waals surface area contributed by atoms with Crippen LogP contribution in [0.4, 0.5) is 0 Å². The molecular weight excluding hydrogens is 470 g/mol. The monoisotopic (exact) mass is 493 g/mol. The van der Waals surface area contributed by atoms with E-state index in [4.69, 9.17) is 0 Å². The maximum atomic E-state index is 2.47. The molecule has 0 bridgehead atoms. The standard InChI is InChI=1S/C38H23N/c1-2-9-24(10-3-1)25-17-19-28(20-18-25)39-35-22-27-12-5-4-11-26(27)21-34(35)38-32-16-8-15-31-29-13-6-7-14-30(29)33(37(31)32)23-36(38)39/h1-23H. The molecule has 0 atom stereocenters. The van der Waals surface area contributed by atoms with Crippen LogP contribution in [-0.4, -0.2) is 4.57 Å². The molecule has 9 rings (SSSR count). The molecule has 1 heterocycles. The van der Waals surface area contributed by atoms with E-state index in [1.54, 1.807) is 0 Å². The van der Waals surface area contributed by atoms with Crippen LogP contribution < -0.4 is 0 Å². The Balaban J connectivity index is 1.43. The van der Waals surface area contributed by atoms with Crippen LogP contribution in [0.1, 0.15) is 0 Å². The summed E-state index contributed by atoms with van der Waals surface area (Å²) in [6.07, 6.45) is 0. The van der Waals surface area contributed by atoms with Gasteiger partial charge in [-0.25, -0.2) is 0 Å². The summed E-state index contributed by atoms with van der Waals surface area (Å²) in [5, 5.41) is 7.87. The molecular formula is C38H23N. The first-order chi connectivity index (χ1) is 19.3. The summed E-state index contributed by atoms with van der Waals surface area (Å²) in [4.78, 5) is 0. The lowest BCUT2D eigenvalue weighted by molar-refractivity contribution is 1.18. The third-order valence-electron chi connectivity index (χ3n) is 8.50. The second-order valence-corrected chi connectivity index (χ2v) is 10.6. The van der Waals surface area contributed by atoms with Gasteiger partial charge in [-0.3, -0.25) is 0 Å². The van der Waals surface area contributed by atoms with Crippen molar-refractivity contribution < 1.29 is 0 Å². The van der Waals surface area contributed by atoms with Crippen molar-refractivity contribution in [2.24, 2.45) is 0 Å². The van der Waals surface area contributed by atoms with E-state index in [0.717, 1.165) is 0 Å². The minimum absolute atomic E-state index is 1.18. The van der Waals surface area contributed by atoms with Crippen molar-refractivity contribution in [1.82, 2.24) is 4.57 Å². The van der Waals surface area contributed by atoms with Gasteiger partial charge < -0.3 is 4.57 Å². The lowest BCUT2D eigenvalue weighted by atomic mass is 9.97. The number of aromatic nitrogens is 1. The first-order valence-corrected chi connectivity index (χ1v) is 13.5. The van der Waals surface area contributed by atoms with E-state index < -0.39 is 0 Å². The highest BCUT2D eigenvalue weighted by molar-refractivity contribution is 6.30. The van der Waals surface area contributed by atoms with Crippen LogP contribution >= 0.6 is 0 Å². The lowest BCUT2D eigenvalue weighted by Crippen LogP contribution is -1.94. The van der Waals surface area contributed by atoms with E-state index in [2.05, 4.69) is 144 Å². The molecule has 1 nitrogen and oxygen atoms in total. The third kappa shape index (κ3) is 2.85. The number of hydrogen-bond acceptors (Lipinski definition) is 0. The zero-order valence-electron chi connectivity index (χ0n) is 21.2. The van der Waals surface area contributed by atoms with Crippen molar-refractivity contribution in [3.05, 3.63) is 140 Å². The lowest BCUT2D eigenvalue weighted by Gasteiger charge is -2.11. The molecule has 0 aliphatic heterocycles. The molecule has 0 saturated heterocycles. The molecule has 0 N–H and O–H groups in total. The Hall–Kier alpha value is -5.14. The van der Waals surface area contributed by atoms with E-state index >= 15 is 0 Å². The fourth-order valence-corrected chi connectivity index (χ4v) is 6.77. The van der Waals surface area contributed by atoms with E-state index in [0.29, 0.717) is 0 Å². The van der Waals surface area contributed by atoms with E-state index in [1.165, 1.54) is 82.4 Å². The Bertz CT molecular complexity index is 2250. The van der Waals surface area contributed by atoms with Crippen LogP contribution in [-0.2, 0) is 0 Å². The summed E-state index contributed by atoms with van der Waals surface area (Å²) in [6.45, 7) is 0. The molecule has 39 heavy (non-hydrogen) atoms. The SMILES string of the molecule is c1ccc(-c2ccc(-n3c4cc5ccccc5cc4c4c5cccc6c5c(cc43)-c3ccccc3-6)cc2)cc1. The Morgan fingerprint density at radius 1 is 0.359 bits per heavy atom. The minimum atomic E-state index is 1.18. The fraction of sp³-hybridized carbons (Fsp3) is 0.